The van der Waals surface area contributed by atoms with E-state index in [1.165, 1.54) is 59.7 Å². The number of rotatable bonds is 6. The summed E-state index contributed by atoms with van der Waals surface area (Å²) < 4.78 is 2.50. The van der Waals surface area contributed by atoms with Crippen molar-refractivity contribution < 1.29 is 0 Å². The maximum Gasteiger partial charge on any atom is 0.179 e. The second-order valence-corrected chi connectivity index (χ2v) is 15.5. The van der Waals surface area contributed by atoms with Gasteiger partial charge in [-0.1, -0.05) is 140 Å². The van der Waals surface area contributed by atoms with Gasteiger partial charge in [-0.2, -0.15) is 0 Å². The zero-order valence-corrected chi connectivity index (χ0v) is 25.7. The lowest BCUT2D eigenvalue weighted by molar-refractivity contribution is 0.851. The number of hydrogen-bond acceptors (Lipinski definition) is 1. The fourth-order valence-electron chi connectivity index (χ4n) is 7.27. The summed E-state index contributed by atoms with van der Waals surface area (Å²) in [4.78, 5) is 0. The Hall–Kier alpha value is -5.12. The van der Waals surface area contributed by atoms with Crippen LogP contribution in [0.2, 0.25) is 0 Å². The van der Waals surface area contributed by atoms with E-state index < -0.39 is 8.07 Å². The standard InChI is InChI=1S/C41H34N2Si/c1-5-13-31(14-6-1)32-21-23-36(24-22-32)44(34-17-9-3-10-18-34,35-19-11-4-12-20-35)37-25-26-40-38(29-37)39-30-42-28-27-41(39)43(40)33-15-7-2-8-16-33/h1-7,9-15,17-29,42H,8,16,30H2. The number of allylic oxidation sites excluding steroid dienone is 4. The molecule has 2 aliphatic rings. The summed E-state index contributed by atoms with van der Waals surface area (Å²) in [5.41, 5.74) is 7.82. The lowest BCUT2D eigenvalue weighted by atomic mass is 10.1. The molecule has 5 aromatic carbocycles. The zero-order valence-electron chi connectivity index (χ0n) is 24.7. The normalized spacial score (nSPS) is 14.2. The summed E-state index contributed by atoms with van der Waals surface area (Å²) in [7, 11) is -2.69. The summed E-state index contributed by atoms with van der Waals surface area (Å²) >= 11 is 0. The van der Waals surface area contributed by atoms with Gasteiger partial charge < -0.3 is 9.88 Å². The van der Waals surface area contributed by atoms with Gasteiger partial charge in [0.1, 0.15) is 0 Å². The molecule has 1 aliphatic carbocycles. The van der Waals surface area contributed by atoms with Crippen LogP contribution in [0.3, 0.4) is 0 Å². The Morgan fingerprint density at radius 1 is 0.614 bits per heavy atom. The highest BCUT2D eigenvalue weighted by Gasteiger charge is 2.42. The number of aromatic nitrogens is 1. The Kier molecular flexibility index (Phi) is 6.73. The van der Waals surface area contributed by atoms with Gasteiger partial charge >= 0.3 is 0 Å². The number of nitrogens with zero attached hydrogens (tertiary/aromatic N) is 1. The Balaban J connectivity index is 1.41. The predicted molar refractivity (Wildman–Crippen MR) is 190 cm³/mol. The average Bonchev–Trinajstić information content (AvgIpc) is 3.44. The molecular formula is C41H34N2Si. The molecule has 2 nitrogen and oxygen atoms in total. The molecule has 0 bridgehead atoms. The second-order valence-electron chi connectivity index (χ2n) is 11.7. The van der Waals surface area contributed by atoms with Crippen molar-refractivity contribution in [3.63, 3.8) is 0 Å². The lowest BCUT2D eigenvalue weighted by Crippen LogP contribution is -2.74. The van der Waals surface area contributed by atoms with Gasteiger partial charge in [-0.15, -0.1) is 0 Å². The highest BCUT2D eigenvalue weighted by atomic mass is 28.3. The topological polar surface area (TPSA) is 17.0 Å². The molecular weight excluding hydrogens is 549 g/mol. The molecule has 0 saturated heterocycles. The monoisotopic (exact) mass is 582 g/mol. The largest absolute Gasteiger partial charge is 0.387 e. The van der Waals surface area contributed by atoms with Crippen molar-refractivity contribution in [2.75, 3.05) is 0 Å². The number of benzene rings is 5. The molecule has 1 aliphatic heterocycles. The van der Waals surface area contributed by atoms with Crippen molar-refractivity contribution in [2.24, 2.45) is 0 Å². The van der Waals surface area contributed by atoms with Gasteiger partial charge in [-0.25, -0.2) is 0 Å². The quantitative estimate of drug-likeness (QED) is 0.166. The smallest absolute Gasteiger partial charge is 0.179 e. The minimum atomic E-state index is -2.69. The summed E-state index contributed by atoms with van der Waals surface area (Å²) in [6, 6.07) is 49.9. The number of hydrogen-bond donors (Lipinski definition) is 1. The third kappa shape index (κ3) is 4.32. The minimum absolute atomic E-state index is 0.832. The number of fused-ring (bicyclic) bond motifs is 3. The van der Waals surface area contributed by atoms with Gasteiger partial charge in [-0.3, -0.25) is 0 Å². The van der Waals surface area contributed by atoms with E-state index in [2.05, 4.69) is 174 Å². The van der Waals surface area contributed by atoms with Crippen LogP contribution < -0.4 is 26.1 Å². The highest BCUT2D eigenvalue weighted by Crippen LogP contribution is 2.34. The second kappa shape index (κ2) is 11.2. The molecule has 1 N–H and O–H groups in total. The van der Waals surface area contributed by atoms with Crippen molar-refractivity contribution in [3.8, 4) is 11.1 Å². The summed E-state index contributed by atoms with van der Waals surface area (Å²) in [5.74, 6) is 0. The van der Waals surface area contributed by atoms with Gasteiger partial charge in [0.05, 0.1) is 11.2 Å². The van der Waals surface area contributed by atoms with Gasteiger partial charge in [0.15, 0.2) is 8.07 Å². The zero-order chi connectivity index (χ0) is 29.3. The van der Waals surface area contributed by atoms with Crippen LogP contribution in [-0.4, -0.2) is 12.6 Å². The van der Waals surface area contributed by atoms with Gasteiger partial charge in [0, 0.05) is 23.2 Å². The first kappa shape index (κ1) is 26.5. The van der Waals surface area contributed by atoms with Crippen LogP contribution in [0.1, 0.15) is 24.1 Å². The Morgan fingerprint density at radius 3 is 1.89 bits per heavy atom. The van der Waals surface area contributed by atoms with Crippen molar-refractivity contribution in [3.05, 3.63) is 169 Å². The van der Waals surface area contributed by atoms with Crippen LogP contribution in [0.25, 0.3) is 33.8 Å². The van der Waals surface area contributed by atoms with Crippen molar-refractivity contribution in [1.82, 2.24) is 9.88 Å². The molecule has 0 amide bonds. The lowest BCUT2D eigenvalue weighted by Gasteiger charge is -2.34. The molecule has 8 rings (SSSR count). The van der Waals surface area contributed by atoms with Crippen LogP contribution >= 0.6 is 0 Å². The molecule has 1 aromatic heterocycles. The summed E-state index contributed by atoms with van der Waals surface area (Å²) in [6.45, 7) is 0.832. The molecule has 0 spiro atoms. The first-order valence-electron chi connectivity index (χ1n) is 15.5. The van der Waals surface area contributed by atoms with Gasteiger partial charge in [-0.05, 0) is 69.1 Å². The molecule has 2 heterocycles. The summed E-state index contributed by atoms with van der Waals surface area (Å²) in [6.07, 6.45) is 13.2. The fraction of sp³-hybridized carbons (Fsp3) is 0.0732. The van der Waals surface area contributed by atoms with Gasteiger partial charge in [0.25, 0.3) is 0 Å². The van der Waals surface area contributed by atoms with E-state index in [4.69, 9.17) is 0 Å². The van der Waals surface area contributed by atoms with E-state index >= 15 is 0 Å². The van der Waals surface area contributed by atoms with Crippen molar-refractivity contribution in [2.45, 2.75) is 19.4 Å². The van der Waals surface area contributed by atoms with Crippen LogP contribution in [0.5, 0.6) is 0 Å². The van der Waals surface area contributed by atoms with Crippen LogP contribution in [0.4, 0.5) is 0 Å². The van der Waals surface area contributed by atoms with E-state index in [-0.39, 0.29) is 0 Å². The molecule has 0 fully saturated rings. The van der Waals surface area contributed by atoms with Crippen LogP contribution in [-0.2, 0) is 6.54 Å². The molecule has 0 saturated carbocycles. The third-order valence-electron chi connectivity index (χ3n) is 9.30. The summed E-state index contributed by atoms with van der Waals surface area (Å²) in [5, 5.41) is 10.4. The van der Waals surface area contributed by atoms with Crippen molar-refractivity contribution >= 4 is 51.5 Å². The van der Waals surface area contributed by atoms with Crippen molar-refractivity contribution in [1.29, 1.82) is 0 Å². The first-order chi connectivity index (χ1) is 21.8. The molecule has 6 aromatic rings. The van der Waals surface area contributed by atoms with Crippen LogP contribution in [0, 0.1) is 0 Å². The predicted octanol–water partition coefficient (Wildman–Crippen LogP) is 6.95. The molecule has 44 heavy (non-hydrogen) atoms. The fourth-order valence-corrected chi connectivity index (χ4v) is 12.0. The number of nitrogens with one attached hydrogen (secondary N) is 1. The van der Waals surface area contributed by atoms with E-state index in [0.29, 0.717) is 0 Å². The minimum Gasteiger partial charge on any atom is -0.387 e. The van der Waals surface area contributed by atoms with Crippen LogP contribution in [0.15, 0.2) is 158 Å². The highest BCUT2D eigenvalue weighted by molar-refractivity contribution is 7.20. The molecule has 0 radical (unpaired) electrons. The van der Waals surface area contributed by atoms with E-state index in [0.717, 1.165) is 19.4 Å². The Bertz CT molecular complexity index is 1990. The molecule has 0 unspecified atom stereocenters. The maximum atomic E-state index is 3.51. The molecule has 212 valence electrons. The SMILES string of the molecule is C1=CCCC(n2c3c(c4cc([Si](c5ccccc5)(c5ccccc5)c5ccc(-c6ccccc6)cc5)ccc42)CNC=C3)=C1. The van der Waals surface area contributed by atoms with E-state index in [1.54, 1.807) is 0 Å². The first-order valence-corrected chi connectivity index (χ1v) is 17.5. The maximum absolute atomic E-state index is 3.51. The average molecular weight is 583 g/mol. The third-order valence-corrected chi connectivity index (χ3v) is 14.1. The Labute approximate surface area is 260 Å². The molecule has 0 atom stereocenters. The Morgan fingerprint density at radius 2 is 1.23 bits per heavy atom. The molecule has 3 heteroatoms. The van der Waals surface area contributed by atoms with E-state index in [1.807, 2.05) is 0 Å². The van der Waals surface area contributed by atoms with Gasteiger partial charge in [0.2, 0.25) is 0 Å². The van der Waals surface area contributed by atoms with E-state index in [9.17, 15) is 0 Å².